The Morgan fingerprint density at radius 2 is 1.50 bits per heavy atom. The van der Waals surface area contributed by atoms with Gasteiger partial charge in [-0.15, -0.1) is 0 Å². The van der Waals surface area contributed by atoms with Crippen molar-refractivity contribution in [1.82, 2.24) is 19.4 Å². The summed E-state index contributed by atoms with van der Waals surface area (Å²) in [6.07, 6.45) is 22.5. The molecule has 0 radical (unpaired) electrons. The lowest BCUT2D eigenvalue weighted by molar-refractivity contribution is -0.0494. The van der Waals surface area contributed by atoms with E-state index in [1.807, 2.05) is 0 Å². The molecule has 2 saturated heterocycles. The molecule has 4 unspecified atom stereocenters. The Balaban J connectivity index is 1.26. The van der Waals surface area contributed by atoms with E-state index in [2.05, 4.69) is 26.6 Å². The van der Waals surface area contributed by atoms with Crippen molar-refractivity contribution in [2.75, 3.05) is 0 Å². The molecule has 2 aromatic rings. The number of hydrogen-bond donors (Lipinski definition) is 1. The van der Waals surface area contributed by atoms with Crippen LogP contribution in [-0.2, 0) is 0 Å². The zero-order valence-electron chi connectivity index (χ0n) is 21.2. The number of hydrogen-bond acceptors (Lipinski definition) is 4. The minimum Gasteiger partial charge on any atom is -0.328 e. The van der Waals surface area contributed by atoms with Crippen LogP contribution in [0.4, 0.5) is 0 Å². The minimum absolute atomic E-state index is 0.00364. The van der Waals surface area contributed by atoms with E-state index in [9.17, 15) is 9.59 Å². The monoisotopic (exact) mass is 486 g/mol. The Bertz CT molecular complexity index is 1340. The topological polar surface area (TPSA) is 71.0 Å². The highest BCUT2D eigenvalue weighted by atomic mass is 16.1. The fourth-order valence-electron chi connectivity index (χ4n) is 8.61. The van der Waals surface area contributed by atoms with Crippen LogP contribution in [0.5, 0.6) is 0 Å². The number of nitrogens with zero attached hydrogens (tertiary/aromatic N) is 3. The maximum atomic E-state index is 14.0. The number of piperidine rings is 2. The maximum Gasteiger partial charge on any atom is 0.277 e. The molecule has 4 atom stereocenters. The van der Waals surface area contributed by atoms with Crippen molar-refractivity contribution < 1.29 is 0 Å². The standard InChI is InChI=1S/C30H38N4O2/c35-28-12-11-21(18-31-28)29-30(36)34(27-10-2-1-9-26(27)32-29)25-16-22-7-4-8-23(17-25)33(22)24-14-19-5-3-6-20(13-19)15-24/h9-12,18-20,22-25H,1-8,13-17H2,(H,31,35). The second kappa shape index (κ2) is 9.13. The highest BCUT2D eigenvalue weighted by molar-refractivity contribution is 5.57. The van der Waals surface area contributed by atoms with E-state index in [0.29, 0.717) is 23.3 Å². The first kappa shape index (κ1) is 22.7. The molecule has 4 heterocycles. The molecule has 0 amide bonds. The van der Waals surface area contributed by atoms with E-state index >= 15 is 0 Å². The first-order valence-corrected chi connectivity index (χ1v) is 14.4. The van der Waals surface area contributed by atoms with Gasteiger partial charge >= 0.3 is 0 Å². The third-order valence-corrected chi connectivity index (χ3v) is 9.97. The molecule has 0 aromatic carbocycles. The second-order valence-corrected chi connectivity index (χ2v) is 12.2. The van der Waals surface area contributed by atoms with Crippen molar-refractivity contribution in [3.8, 4) is 11.3 Å². The van der Waals surface area contributed by atoms with Gasteiger partial charge in [-0.05, 0) is 75.7 Å². The number of rotatable bonds is 3. The molecule has 4 fully saturated rings. The van der Waals surface area contributed by atoms with Gasteiger partial charge < -0.3 is 9.55 Å². The smallest absolute Gasteiger partial charge is 0.277 e. The summed E-state index contributed by atoms with van der Waals surface area (Å²) >= 11 is 0. The van der Waals surface area contributed by atoms with E-state index in [1.54, 1.807) is 12.3 Å². The van der Waals surface area contributed by atoms with Gasteiger partial charge in [-0.2, -0.15) is 0 Å². The summed E-state index contributed by atoms with van der Waals surface area (Å²) in [5, 5.41) is 1.94. The van der Waals surface area contributed by atoms with Crippen LogP contribution in [0, 0.1) is 11.8 Å². The fraction of sp³-hybridized carbons (Fsp3) is 0.633. The molecule has 5 aliphatic rings. The molecule has 7 rings (SSSR count). The van der Waals surface area contributed by atoms with E-state index in [1.165, 1.54) is 63.9 Å². The minimum atomic E-state index is -0.163. The van der Waals surface area contributed by atoms with Gasteiger partial charge in [-0.25, -0.2) is 4.98 Å². The van der Waals surface area contributed by atoms with Crippen LogP contribution in [0.15, 0.2) is 27.9 Å². The van der Waals surface area contributed by atoms with Crippen molar-refractivity contribution in [2.45, 2.75) is 108 Å². The summed E-state index contributed by atoms with van der Waals surface area (Å²) < 4.78 is 2.11. The average Bonchev–Trinajstić information content (AvgIpc) is 2.88. The molecule has 3 aliphatic carbocycles. The zero-order valence-corrected chi connectivity index (χ0v) is 21.2. The fourth-order valence-corrected chi connectivity index (χ4v) is 8.61. The van der Waals surface area contributed by atoms with Crippen molar-refractivity contribution in [1.29, 1.82) is 0 Å². The van der Waals surface area contributed by atoms with Crippen LogP contribution in [0.2, 0.25) is 0 Å². The van der Waals surface area contributed by atoms with E-state index in [4.69, 9.17) is 4.98 Å². The first-order valence-electron chi connectivity index (χ1n) is 14.4. The van der Waals surface area contributed by atoms with Crippen LogP contribution in [-0.4, -0.2) is 37.6 Å². The van der Waals surface area contributed by atoms with Crippen LogP contribution in [0.25, 0.3) is 23.4 Å². The predicted molar refractivity (Wildman–Crippen MR) is 142 cm³/mol. The van der Waals surface area contributed by atoms with Gasteiger partial charge in [0.05, 0.1) is 10.7 Å². The molecule has 4 bridgehead atoms. The van der Waals surface area contributed by atoms with Gasteiger partial charge in [0, 0.05) is 42.0 Å². The molecule has 36 heavy (non-hydrogen) atoms. The Morgan fingerprint density at radius 3 is 2.22 bits per heavy atom. The molecule has 1 N–H and O–H groups in total. The third-order valence-electron chi connectivity index (χ3n) is 9.97. The van der Waals surface area contributed by atoms with Gasteiger partial charge in [-0.3, -0.25) is 14.5 Å². The molecule has 6 heteroatoms. The van der Waals surface area contributed by atoms with E-state index in [0.717, 1.165) is 54.3 Å². The van der Waals surface area contributed by atoms with Gasteiger partial charge in [0.2, 0.25) is 5.56 Å². The van der Waals surface area contributed by atoms with Gasteiger partial charge in [0.25, 0.3) is 5.56 Å². The summed E-state index contributed by atoms with van der Waals surface area (Å²) in [5.74, 6) is 1.89. The number of nitrogens with one attached hydrogen (secondary N) is 1. The summed E-state index contributed by atoms with van der Waals surface area (Å²) in [6, 6.07) is 5.36. The van der Waals surface area contributed by atoms with Crippen molar-refractivity contribution >= 4 is 12.2 Å². The number of H-pyrrole nitrogens is 1. The highest BCUT2D eigenvalue weighted by Crippen LogP contribution is 2.47. The lowest BCUT2D eigenvalue weighted by atomic mass is 9.68. The van der Waals surface area contributed by atoms with Crippen LogP contribution in [0.1, 0.15) is 89.5 Å². The normalized spacial score (nSPS) is 33.8. The first-order chi connectivity index (χ1) is 17.6. The Labute approximate surface area is 212 Å². The van der Waals surface area contributed by atoms with E-state index < -0.39 is 0 Å². The van der Waals surface area contributed by atoms with E-state index in [-0.39, 0.29) is 17.2 Å². The third kappa shape index (κ3) is 3.93. The summed E-state index contributed by atoms with van der Waals surface area (Å²) in [7, 11) is 0. The molecule has 0 spiro atoms. The largest absolute Gasteiger partial charge is 0.328 e. The lowest BCUT2D eigenvalue weighted by Crippen LogP contribution is -2.60. The summed E-state index contributed by atoms with van der Waals surface area (Å²) in [5.41, 5.74) is 0.991. The molecule has 2 aromatic heterocycles. The molecular weight excluding hydrogens is 448 g/mol. The summed E-state index contributed by atoms with van der Waals surface area (Å²) in [4.78, 5) is 36.2. The Kier molecular flexibility index (Phi) is 5.76. The lowest BCUT2D eigenvalue weighted by Gasteiger charge is -2.55. The molecule has 2 saturated carbocycles. The van der Waals surface area contributed by atoms with Gasteiger partial charge in [-0.1, -0.05) is 37.8 Å². The highest BCUT2D eigenvalue weighted by Gasteiger charge is 2.45. The Hall–Kier alpha value is -2.47. The SMILES string of the molecule is O=c1ccc(-c2nc3c(n(C4CC5CCCC(C4)N5C4CC5CCCC(C5)C4)c2=O)=CCCC=3)c[nH]1. The van der Waals surface area contributed by atoms with Crippen LogP contribution in [0.3, 0.4) is 0 Å². The average molecular weight is 487 g/mol. The molecule has 2 aliphatic heterocycles. The van der Waals surface area contributed by atoms with Crippen molar-refractivity contribution in [3.63, 3.8) is 0 Å². The number of fused-ring (bicyclic) bond motifs is 5. The van der Waals surface area contributed by atoms with Crippen LogP contribution < -0.4 is 21.8 Å². The maximum absolute atomic E-state index is 14.0. The molecule has 190 valence electrons. The molecular formula is C30H38N4O2. The number of pyridine rings is 1. The van der Waals surface area contributed by atoms with Crippen molar-refractivity contribution in [2.24, 2.45) is 11.8 Å². The summed E-state index contributed by atoms with van der Waals surface area (Å²) in [6.45, 7) is 0. The second-order valence-electron chi connectivity index (χ2n) is 12.2. The quantitative estimate of drug-likeness (QED) is 0.721. The zero-order chi connectivity index (χ0) is 24.2. The number of aromatic nitrogens is 3. The predicted octanol–water partition coefficient (Wildman–Crippen LogP) is 3.48. The van der Waals surface area contributed by atoms with Gasteiger partial charge in [0.1, 0.15) is 5.69 Å². The van der Waals surface area contributed by atoms with Crippen LogP contribution >= 0.6 is 0 Å². The van der Waals surface area contributed by atoms with Crippen molar-refractivity contribution in [3.05, 3.63) is 49.7 Å². The molecule has 6 nitrogen and oxygen atoms in total. The van der Waals surface area contributed by atoms with Gasteiger partial charge in [0.15, 0.2) is 0 Å². The number of aromatic amines is 1. The Morgan fingerprint density at radius 1 is 0.778 bits per heavy atom.